The van der Waals surface area contributed by atoms with Gasteiger partial charge in [-0.15, -0.1) is 0 Å². The number of carbonyl (C=O) groups is 1. The van der Waals surface area contributed by atoms with E-state index in [0.717, 1.165) is 31.5 Å². The van der Waals surface area contributed by atoms with E-state index in [1.54, 1.807) is 13.1 Å². The first-order chi connectivity index (χ1) is 8.22. The summed E-state index contributed by atoms with van der Waals surface area (Å²) in [5.41, 5.74) is 1.84. The van der Waals surface area contributed by atoms with E-state index in [2.05, 4.69) is 10.6 Å². The number of amides is 1. The van der Waals surface area contributed by atoms with E-state index in [4.69, 9.17) is 11.6 Å². The fraction of sp³-hybridized carbons (Fsp3) is 0.462. The van der Waals surface area contributed by atoms with Crippen molar-refractivity contribution in [1.29, 1.82) is 0 Å². The van der Waals surface area contributed by atoms with Gasteiger partial charge in [-0.05, 0) is 49.5 Å². The number of hydrogen-bond donors (Lipinski definition) is 2. The largest absolute Gasteiger partial charge is 0.355 e. The Hall–Kier alpha value is -1.06. The predicted octanol–water partition coefficient (Wildman–Crippen LogP) is 2.17. The minimum Gasteiger partial charge on any atom is -0.355 e. The van der Waals surface area contributed by atoms with E-state index in [-0.39, 0.29) is 5.91 Å². The lowest BCUT2D eigenvalue weighted by Gasteiger charge is -2.24. The third-order valence-corrected chi connectivity index (χ3v) is 3.50. The average Bonchev–Trinajstić information content (AvgIpc) is 2.38. The standard InChI is InChI=1S/C13H17ClN2O/c1-15-13(17)12-8-10(14)2-3-11(12)9-4-6-16-7-5-9/h2-3,8-9,16H,4-7H2,1H3,(H,15,17). The molecule has 1 aliphatic rings. The van der Waals surface area contributed by atoms with E-state index in [1.165, 1.54) is 0 Å². The number of hydrogen-bond acceptors (Lipinski definition) is 2. The molecule has 1 fully saturated rings. The highest BCUT2D eigenvalue weighted by atomic mass is 35.5. The van der Waals surface area contributed by atoms with Gasteiger partial charge in [0.05, 0.1) is 0 Å². The summed E-state index contributed by atoms with van der Waals surface area (Å²) in [4.78, 5) is 11.8. The Kier molecular flexibility index (Phi) is 4.02. The van der Waals surface area contributed by atoms with Crippen LogP contribution in [0.5, 0.6) is 0 Å². The Balaban J connectivity index is 2.34. The molecule has 1 aromatic carbocycles. The molecule has 0 aromatic heterocycles. The number of rotatable bonds is 2. The van der Waals surface area contributed by atoms with Crippen molar-refractivity contribution < 1.29 is 4.79 Å². The molecule has 1 amide bonds. The molecule has 92 valence electrons. The molecule has 0 saturated carbocycles. The normalized spacial score (nSPS) is 16.8. The summed E-state index contributed by atoms with van der Waals surface area (Å²) in [6, 6.07) is 5.62. The highest BCUT2D eigenvalue weighted by Gasteiger charge is 2.20. The van der Waals surface area contributed by atoms with Crippen molar-refractivity contribution in [3.63, 3.8) is 0 Å². The Morgan fingerprint density at radius 2 is 2.12 bits per heavy atom. The maximum Gasteiger partial charge on any atom is 0.251 e. The molecule has 1 heterocycles. The molecule has 1 aliphatic heterocycles. The van der Waals surface area contributed by atoms with Gasteiger partial charge >= 0.3 is 0 Å². The molecule has 0 unspecified atom stereocenters. The van der Waals surface area contributed by atoms with E-state index in [9.17, 15) is 4.79 Å². The van der Waals surface area contributed by atoms with Crippen LogP contribution in [0, 0.1) is 0 Å². The lowest BCUT2D eigenvalue weighted by molar-refractivity contribution is 0.0961. The first-order valence-electron chi connectivity index (χ1n) is 5.94. The van der Waals surface area contributed by atoms with Crippen LogP contribution in [-0.2, 0) is 0 Å². The molecule has 0 atom stereocenters. The quantitative estimate of drug-likeness (QED) is 0.847. The molecule has 2 N–H and O–H groups in total. The average molecular weight is 253 g/mol. The van der Waals surface area contributed by atoms with Crippen molar-refractivity contribution >= 4 is 17.5 Å². The maximum atomic E-state index is 11.8. The Morgan fingerprint density at radius 3 is 2.76 bits per heavy atom. The molecular formula is C13H17ClN2O. The van der Waals surface area contributed by atoms with Crippen molar-refractivity contribution in [3.05, 3.63) is 34.3 Å². The van der Waals surface area contributed by atoms with Crippen molar-refractivity contribution in [1.82, 2.24) is 10.6 Å². The molecule has 17 heavy (non-hydrogen) atoms. The van der Waals surface area contributed by atoms with E-state index in [1.807, 2.05) is 12.1 Å². The second kappa shape index (κ2) is 5.52. The fourth-order valence-electron chi connectivity index (χ4n) is 2.35. The number of benzene rings is 1. The van der Waals surface area contributed by atoms with Gasteiger partial charge in [0.15, 0.2) is 0 Å². The van der Waals surface area contributed by atoms with Crippen molar-refractivity contribution in [2.45, 2.75) is 18.8 Å². The molecule has 0 bridgehead atoms. The maximum absolute atomic E-state index is 11.8. The van der Waals surface area contributed by atoms with E-state index >= 15 is 0 Å². The van der Waals surface area contributed by atoms with Gasteiger partial charge in [-0.25, -0.2) is 0 Å². The van der Waals surface area contributed by atoms with Crippen LogP contribution in [-0.4, -0.2) is 26.0 Å². The van der Waals surface area contributed by atoms with E-state index in [0.29, 0.717) is 16.5 Å². The summed E-state index contributed by atoms with van der Waals surface area (Å²) in [6.07, 6.45) is 2.15. The zero-order chi connectivity index (χ0) is 12.3. The Bertz CT molecular complexity index is 414. The monoisotopic (exact) mass is 252 g/mol. The van der Waals surface area contributed by atoms with Crippen molar-refractivity contribution in [2.75, 3.05) is 20.1 Å². The highest BCUT2D eigenvalue weighted by Crippen LogP contribution is 2.29. The summed E-state index contributed by atoms with van der Waals surface area (Å²) in [6.45, 7) is 2.03. The first-order valence-corrected chi connectivity index (χ1v) is 6.32. The summed E-state index contributed by atoms with van der Waals surface area (Å²) in [7, 11) is 1.65. The van der Waals surface area contributed by atoms with Crippen LogP contribution >= 0.6 is 11.6 Å². The third kappa shape index (κ3) is 2.79. The molecule has 0 spiro atoms. The van der Waals surface area contributed by atoms with Gasteiger partial charge in [-0.1, -0.05) is 17.7 Å². The summed E-state index contributed by atoms with van der Waals surface area (Å²) < 4.78 is 0. The minimum atomic E-state index is -0.0546. The second-order valence-electron chi connectivity index (χ2n) is 4.33. The molecule has 0 aliphatic carbocycles. The summed E-state index contributed by atoms with van der Waals surface area (Å²) in [5.74, 6) is 0.404. The lowest BCUT2D eigenvalue weighted by atomic mass is 9.87. The van der Waals surface area contributed by atoms with Crippen LogP contribution < -0.4 is 10.6 Å². The first kappa shape index (κ1) is 12.4. The van der Waals surface area contributed by atoms with E-state index < -0.39 is 0 Å². The SMILES string of the molecule is CNC(=O)c1cc(Cl)ccc1C1CCNCC1. The smallest absolute Gasteiger partial charge is 0.251 e. The van der Waals surface area contributed by atoms with Crippen LogP contribution in [0.1, 0.15) is 34.7 Å². The number of nitrogens with one attached hydrogen (secondary N) is 2. The zero-order valence-corrected chi connectivity index (χ0v) is 10.7. The second-order valence-corrected chi connectivity index (χ2v) is 4.77. The van der Waals surface area contributed by atoms with Gasteiger partial charge in [0, 0.05) is 17.6 Å². The lowest BCUT2D eigenvalue weighted by Crippen LogP contribution is -2.28. The van der Waals surface area contributed by atoms with Crippen molar-refractivity contribution in [2.24, 2.45) is 0 Å². The molecule has 1 saturated heterocycles. The number of piperidine rings is 1. The van der Waals surface area contributed by atoms with Gasteiger partial charge in [0.25, 0.3) is 5.91 Å². The number of carbonyl (C=O) groups excluding carboxylic acids is 1. The van der Waals surface area contributed by atoms with Crippen molar-refractivity contribution in [3.8, 4) is 0 Å². The predicted molar refractivity (Wildman–Crippen MR) is 69.7 cm³/mol. The summed E-state index contributed by atoms with van der Waals surface area (Å²) >= 11 is 5.96. The van der Waals surface area contributed by atoms with Gasteiger partial charge in [0.2, 0.25) is 0 Å². The molecule has 1 aromatic rings. The molecule has 3 nitrogen and oxygen atoms in total. The number of halogens is 1. The zero-order valence-electron chi connectivity index (χ0n) is 9.92. The van der Waals surface area contributed by atoms with Crippen LogP contribution in [0.25, 0.3) is 0 Å². The molecule has 2 rings (SSSR count). The van der Waals surface area contributed by atoms with Crippen LogP contribution in [0.3, 0.4) is 0 Å². The summed E-state index contributed by atoms with van der Waals surface area (Å²) in [5, 5.41) is 6.62. The molecule has 0 radical (unpaired) electrons. The van der Waals surface area contributed by atoms with Gasteiger partial charge < -0.3 is 10.6 Å². The van der Waals surface area contributed by atoms with Gasteiger partial charge in [-0.2, -0.15) is 0 Å². The third-order valence-electron chi connectivity index (χ3n) is 3.27. The van der Waals surface area contributed by atoms with Crippen LogP contribution in [0.2, 0.25) is 5.02 Å². The molecule has 4 heteroatoms. The topological polar surface area (TPSA) is 41.1 Å². The minimum absolute atomic E-state index is 0.0546. The van der Waals surface area contributed by atoms with Gasteiger partial charge in [0.1, 0.15) is 0 Å². The Labute approximate surface area is 107 Å². The van der Waals surface area contributed by atoms with Crippen LogP contribution in [0.15, 0.2) is 18.2 Å². The fourth-order valence-corrected chi connectivity index (χ4v) is 2.52. The van der Waals surface area contributed by atoms with Crippen LogP contribution in [0.4, 0.5) is 0 Å². The van der Waals surface area contributed by atoms with Gasteiger partial charge in [-0.3, -0.25) is 4.79 Å². The Morgan fingerprint density at radius 1 is 1.41 bits per heavy atom. The molecular weight excluding hydrogens is 236 g/mol. The highest BCUT2D eigenvalue weighted by molar-refractivity contribution is 6.31.